The van der Waals surface area contributed by atoms with Crippen LogP contribution in [-0.2, 0) is 13.1 Å². The minimum atomic E-state index is 0.827. The lowest BCUT2D eigenvalue weighted by atomic mass is 10.1. The molecule has 0 aliphatic heterocycles. The molecule has 2 aromatic rings. The Bertz CT molecular complexity index is 554. The molecule has 2 aromatic carbocycles. The molecule has 0 aliphatic rings. The molecule has 0 heterocycles. The first-order chi connectivity index (χ1) is 10.2. The topological polar surface area (TPSA) is 24.5 Å². The molecule has 0 amide bonds. The van der Waals surface area contributed by atoms with Gasteiger partial charge >= 0.3 is 0 Å². The molecular formula is C18H24N2O. The van der Waals surface area contributed by atoms with Crippen LogP contribution >= 0.6 is 0 Å². The van der Waals surface area contributed by atoms with Gasteiger partial charge in [-0.2, -0.15) is 0 Å². The molecule has 0 bridgehead atoms. The second-order valence-electron chi connectivity index (χ2n) is 5.12. The van der Waals surface area contributed by atoms with Gasteiger partial charge in [0.2, 0.25) is 0 Å². The summed E-state index contributed by atoms with van der Waals surface area (Å²) in [7, 11) is 3.83. The Balaban J connectivity index is 2.16. The highest BCUT2D eigenvalue weighted by Crippen LogP contribution is 2.23. The van der Waals surface area contributed by atoms with E-state index < -0.39 is 0 Å². The van der Waals surface area contributed by atoms with Gasteiger partial charge in [-0.05, 0) is 36.4 Å². The number of rotatable bonds is 7. The van der Waals surface area contributed by atoms with Crippen LogP contribution in [0, 0.1) is 0 Å². The van der Waals surface area contributed by atoms with E-state index in [1.165, 1.54) is 16.8 Å². The van der Waals surface area contributed by atoms with Gasteiger partial charge in [0, 0.05) is 31.4 Å². The fourth-order valence-electron chi connectivity index (χ4n) is 2.36. The zero-order chi connectivity index (χ0) is 15.1. The highest BCUT2D eigenvalue weighted by atomic mass is 16.5. The predicted molar refractivity (Wildman–Crippen MR) is 88.9 cm³/mol. The molecule has 0 spiro atoms. The molecule has 0 aliphatic carbocycles. The maximum atomic E-state index is 5.49. The van der Waals surface area contributed by atoms with E-state index in [2.05, 4.69) is 66.7 Å². The maximum absolute atomic E-state index is 5.49. The average molecular weight is 284 g/mol. The zero-order valence-electron chi connectivity index (χ0n) is 13.1. The summed E-state index contributed by atoms with van der Waals surface area (Å²) in [5.41, 5.74) is 3.70. The van der Waals surface area contributed by atoms with Crippen molar-refractivity contribution >= 4 is 5.69 Å². The number of hydrogen-bond acceptors (Lipinski definition) is 3. The average Bonchev–Trinajstić information content (AvgIpc) is 2.54. The second kappa shape index (κ2) is 7.70. The van der Waals surface area contributed by atoms with Gasteiger partial charge in [-0.3, -0.25) is 0 Å². The SMILES string of the molecule is CCNCc1ccc(OC)c(CN(C)c2ccccc2)c1. The van der Waals surface area contributed by atoms with Crippen LogP contribution in [0.5, 0.6) is 5.75 Å². The summed E-state index contributed by atoms with van der Waals surface area (Å²) >= 11 is 0. The Morgan fingerprint density at radius 1 is 1.10 bits per heavy atom. The van der Waals surface area contributed by atoms with Gasteiger partial charge in [-0.1, -0.05) is 31.2 Å². The summed E-state index contributed by atoms with van der Waals surface area (Å²) in [6.45, 7) is 4.81. The highest BCUT2D eigenvalue weighted by molar-refractivity contribution is 5.48. The summed E-state index contributed by atoms with van der Waals surface area (Å²) in [5, 5.41) is 3.36. The van der Waals surface area contributed by atoms with Gasteiger partial charge < -0.3 is 15.0 Å². The zero-order valence-corrected chi connectivity index (χ0v) is 13.1. The molecule has 1 N–H and O–H groups in total. The fourth-order valence-corrected chi connectivity index (χ4v) is 2.36. The van der Waals surface area contributed by atoms with E-state index in [-0.39, 0.29) is 0 Å². The third kappa shape index (κ3) is 4.23. The van der Waals surface area contributed by atoms with Crippen molar-refractivity contribution in [2.45, 2.75) is 20.0 Å². The monoisotopic (exact) mass is 284 g/mol. The lowest BCUT2D eigenvalue weighted by Crippen LogP contribution is -2.17. The summed E-state index contributed by atoms with van der Waals surface area (Å²) in [6, 6.07) is 16.8. The molecule has 0 atom stereocenters. The number of hydrogen-bond donors (Lipinski definition) is 1. The molecule has 21 heavy (non-hydrogen) atoms. The van der Waals surface area contributed by atoms with E-state index >= 15 is 0 Å². The third-order valence-corrected chi connectivity index (χ3v) is 3.53. The van der Waals surface area contributed by atoms with Crippen LogP contribution in [0.4, 0.5) is 5.69 Å². The molecule has 0 aromatic heterocycles. The van der Waals surface area contributed by atoms with E-state index in [4.69, 9.17) is 4.74 Å². The summed E-state index contributed by atoms with van der Waals surface area (Å²) in [6.07, 6.45) is 0. The number of methoxy groups -OCH3 is 1. The van der Waals surface area contributed by atoms with Crippen molar-refractivity contribution in [1.29, 1.82) is 0 Å². The van der Waals surface area contributed by atoms with Crippen molar-refractivity contribution in [3.8, 4) is 5.75 Å². The van der Waals surface area contributed by atoms with Crippen molar-refractivity contribution in [3.63, 3.8) is 0 Å². The summed E-state index contributed by atoms with van der Waals surface area (Å²) in [5.74, 6) is 0.943. The minimum Gasteiger partial charge on any atom is -0.496 e. The van der Waals surface area contributed by atoms with Gasteiger partial charge in [0.25, 0.3) is 0 Å². The van der Waals surface area contributed by atoms with E-state index in [9.17, 15) is 0 Å². The fraction of sp³-hybridized carbons (Fsp3) is 0.333. The first-order valence-corrected chi connectivity index (χ1v) is 7.37. The van der Waals surface area contributed by atoms with Crippen molar-refractivity contribution in [1.82, 2.24) is 5.32 Å². The molecule has 0 saturated carbocycles. The summed E-state index contributed by atoms with van der Waals surface area (Å²) in [4.78, 5) is 2.23. The normalized spacial score (nSPS) is 10.4. The molecule has 0 fully saturated rings. The molecule has 0 saturated heterocycles. The Morgan fingerprint density at radius 3 is 2.52 bits per heavy atom. The lowest BCUT2D eigenvalue weighted by molar-refractivity contribution is 0.409. The quantitative estimate of drug-likeness (QED) is 0.843. The van der Waals surface area contributed by atoms with Crippen LogP contribution in [-0.4, -0.2) is 20.7 Å². The predicted octanol–water partition coefficient (Wildman–Crippen LogP) is 3.44. The Hall–Kier alpha value is -2.00. The van der Waals surface area contributed by atoms with E-state index in [0.717, 1.165) is 25.4 Å². The lowest BCUT2D eigenvalue weighted by Gasteiger charge is -2.21. The van der Waals surface area contributed by atoms with E-state index in [0.29, 0.717) is 0 Å². The van der Waals surface area contributed by atoms with Crippen LogP contribution < -0.4 is 15.0 Å². The second-order valence-corrected chi connectivity index (χ2v) is 5.12. The van der Waals surface area contributed by atoms with E-state index in [1.807, 2.05) is 6.07 Å². The molecule has 3 nitrogen and oxygen atoms in total. The van der Waals surface area contributed by atoms with Gasteiger partial charge in [0.15, 0.2) is 0 Å². The highest BCUT2D eigenvalue weighted by Gasteiger charge is 2.08. The number of para-hydroxylation sites is 1. The van der Waals surface area contributed by atoms with Crippen molar-refractivity contribution in [3.05, 3.63) is 59.7 Å². The number of ether oxygens (including phenoxy) is 1. The molecular weight excluding hydrogens is 260 g/mol. The maximum Gasteiger partial charge on any atom is 0.123 e. The van der Waals surface area contributed by atoms with Crippen molar-refractivity contribution < 1.29 is 4.74 Å². The minimum absolute atomic E-state index is 0.827. The van der Waals surface area contributed by atoms with Crippen LogP contribution in [0.25, 0.3) is 0 Å². The van der Waals surface area contributed by atoms with Crippen LogP contribution in [0.1, 0.15) is 18.1 Å². The van der Waals surface area contributed by atoms with Gasteiger partial charge in [-0.25, -0.2) is 0 Å². The largest absolute Gasteiger partial charge is 0.496 e. The summed E-state index contributed by atoms with van der Waals surface area (Å²) < 4.78 is 5.49. The molecule has 0 radical (unpaired) electrons. The number of anilines is 1. The van der Waals surface area contributed by atoms with Crippen LogP contribution in [0.2, 0.25) is 0 Å². The molecule has 2 rings (SSSR count). The first kappa shape index (κ1) is 15.4. The van der Waals surface area contributed by atoms with Crippen LogP contribution in [0.3, 0.4) is 0 Å². The first-order valence-electron chi connectivity index (χ1n) is 7.37. The smallest absolute Gasteiger partial charge is 0.123 e. The van der Waals surface area contributed by atoms with Gasteiger partial charge in [0.05, 0.1) is 7.11 Å². The van der Waals surface area contributed by atoms with Crippen molar-refractivity contribution in [2.75, 3.05) is 25.6 Å². The number of benzene rings is 2. The molecule has 112 valence electrons. The number of nitrogens with one attached hydrogen (secondary N) is 1. The molecule has 3 heteroatoms. The van der Waals surface area contributed by atoms with Crippen LogP contribution in [0.15, 0.2) is 48.5 Å². The van der Waals surface area contributed by atoms with Gasteiger partial charge in [-0.15, -0.1) is 0 Å². The standard InChI is InChI=1S/C18H24N2O/c1-4-19-13-15-10-11-18(21-3)16(12-15)14-20(2)17-8-6-5-7-9-17/h5-12,19H,4,13-14H2,1-3H3. The Morgan fingerprint density at radius 2 is 1.86 bits per heavy atom. The van der Waals surface area contributed by atoms with E-state index in [1.54, 1.807) is 7.11 Å². The Labute approximate surface area is 127 Å². The number of nitrogens with zero attached hydrogens (tertiary/aromatic N) is 1. The molecule has 0 unspecified atom stereocenters. The van der Waals surface area contributed by atoms with Gasteiger partial charge in [0.1, 0.15) is 5.75 Å². The third-order valence-electron chi connectivity index (χ3n) is 3.53. The van der Waals surface area contributed by atoms with Crippen molar-refractivity contribution in [2.24, 2.45) is 0 Å². The Kier molecular flexibility index (Phi) is 5.64.